The van der Waals surface area contributed by atoms with Gasteiger partial charge in [-0.2, -0.15) is 0 Å². The molecule has 0 bridgehead atoms. The quantitative estimate of drug-likeness (QED) is 0.753. The number of hydrogen-bond acceptors (Lipinski definition) is 4. The summed E-state index contributed by atoms with van der Waals surface area (Å²) in [6, 6.07) is 3.44. The van der Waals surface area contributed by atoms with E-state index in [1.165, 1.54) is 12.1 Å². The Hall–Kier alpha value is -1.89. The zero-order valence-corrected chi connectivity index (χ0v) is 14.4. The standard InChI is InChI=1S/C16H23NO5S/c1-4-6-7-13(16(19)20)17-15(18)12-9-8-11(5-2)14(10-12)23(3,21)22/h8-10,13H,4-7H2,1-3H3,(H,17,18)(H,19,20). The number of hydrogen-bond donors (Lipinski definition) is 2. The predicted molar refractivity (Wildman–Crippen MR) is 87.3 cm³/mol. The van der Waals surface area contributed by atoms with Crippen LogP contribution in [0, 0.1) is 0 Å². The summed E-state index contributed by atoms with van der Waals surface area (Å²) in [5.41, 5.74) is 0.773. The molecule has 0 saturated carbocycles. The van der Waals surface area contributed by atoms with Crippen molar-refractivity contribution in [1.82, 2.24) is 5.32 Å². The van der Waals surface area contributed by atoms with Crippen molar-refractivity contribution < 1.29 is 23.1 Å². The van der Waals surface area contributed by atoms with Crippen LogP contribution in [0.1, 0.15) is 49.0 Å². The van der Waals surface area contributed by atoms with Gasteiger partial charge < -0.3 is 10.4 Å². The van der Waals surface area contributed by atoms with E-state index < -0.39 is 27.8 Å². The lowest BCUT2D eigenvalue weighted by Gasteiger charge is -2.15. The molecule has 0 aliphatic carbocycles. The summed E-state index contributed by atoms with van der Waals surface area (Å²) in [7, 11) is -3.46. The summed E-state index contributed by atoms with van der Waals surface area (Å²) in [6.45, 7) is 3.76. The number of rotatable bonds is 8. The molecule has 1 rings (SSSR count). The number of unbranched alkanes of at least 4 members (excludes halogenated alkanes) is 1. The summed E-state index contributed by atoms with van der Waals surface area (Å²) in [5, 5.41) is 11.6. The van der Waals surface area contributed by atoms with Gasteiger partial charge in [0, 0.05) is 11.8 Å². The number of carbonyl (C=O) groups excluding carboxylic acids is 1. The fraction of sp³-hybridized carbons (Fsp3) is 0.500. The maximum Gasteiger partial charge on any atom is 0.326 e. The normalized spacial score (nSPS) is 12.7. The van der Waals surface area contributed by atoms with Crippen molar-refractivity contribution in [3.63, 3.8) is 0 Å². The lowest BCUT2D eigenvalue weighted by atomic mass is 10.1. The predicted octanol–water partition coefficient (Wildman–Crippen LogP) is 2.03. The van der Waals surface area contributed by atoms with Crippen LogP contribution >= 0.6 is 0 Å². The van der Waals surface area contributed by atoms with E-state index in [-0.39, 0.29) is 10.5 Å². The number of nitrogens with one attached hydrogen (secondary N) is 1. The van der Waals surface area contributed by atoms with Crippen LogP contribution in [0.5, 0.6) is 0 Å². The number of benzene rings is 1. The second-order valence-corrected chi connectivity index (χ2v) is 7.44. The largest absolute Gasteiger partial charge is 0.480 e. The number of carboxylic acids is 1. The van der Waals surface area contributed by atoms with Gasteiger partial charge in [0.1, 0.15) is 6.04 Å². The molecule has 1 atom stereocenters. The Kier molecular flexibility index (Phi) is 6.75. The fourth-order valence-electron chi connectivity index (χ4n) is 2.24. The first kappa shape index (κ1) is 19.2. The summed E-state index contributed by atoms with van der Waals surface area (Å²) in [6.07, 6.45) is 3.45. The zero-order chi connectivity index (χ0) is 17.6. The second kappa shape index (κ2) is 8.10. The molecule has 0 fully saturated rings. The molecule has 23 heavy (non-hydrogen) atoms. The van der Waals surface area contributed by atoms with Crippen molar-refractivity contribution in [1.29, 1.82) is 0 Å². The highest BCUT2D eigenvalue weighted by Gasteiger charge is 2.21. The minimum atomic E-state index is -3.46. The average Bonchev–Trinajstić information content (AvgIpc) is 2.49. The topological polar surface area (TPSA) is 101 Å². The number of carboxylic acid groups (broad SMARTS) is 1. The number of aryl methyl sites for hydroxylation is 1. The Morgan fingerprint density at radius 2 is 1.91 bits per heavy atom. The summed E-state index contributed by atoms with van der Waals surface area (Å²) < 4.78 is 23.7. The minimum absolute atomic E-state index is 0.105. The second-order valence-electron chi connectivity index (χ2n) is 5.45. The summed E-state index contributed by atoms with van der Waals surface area (Å²) >= 11 is 0. The van der Waals surface area contributed by atoms with Crippen LogP contribution in [0.25, 0.3) is 0 Å². The molecule has 2 N–H and O–H groups in total. The van der Waals surface area contributed by atoms with Crippen LogP contribution in [0.3, 0.4) is 0 Å². The highest BCUT2D eigenvalue weighted by Crippen LogP contribution is 2.19. The molecule has 128 valence electrons. The van der Waals surface area contributed by atoms with Gasteiger partial charge in [0.15, 0.2) is 9.84 Å². The molecule has 6 nitrogen and oxygen atoms in total. The molecule has 7 heteroatoms. The third-order valence-corrected chi connectivity index (χ3v) is 4.74. The molecule has 1 aromatic carbocycles. The molecular formula is C16H23NO5S. The number of aliphatic carboxylic acids is 1. The molecule has 1 unspecified atom stereocenters. The summed E-state index contributed by atoms with van der Waals surface area (Å²) in [4.78, 5) is 23.5. The molecule has 1 aromatic rings. The third-order valence-electron chi connectivity index (χ3n) is 3.56. The highest BCUT2D eigenvalue weighted by atomic mass is 32.2. The van der Waals surface area contributed by atoms with E-state index in [0.717, 1.165) is 12.7 Å². The lowest BCUT2D eigenvalue weighted by Crippen LogP contribution is -2.40. The molecule has 1 amide bonds. The van der Waals surface area contributed by atoms with Crippen LogP contribution in [-0.4, -0.2) is 37.7 Å². The maximum absolute atomic E-state index is 12.2. The average molecular weight is 341 g/mol. The monoisotopic (exact) mass is 341 g/mol. The zero-order valence-electron chi connectivity index (χ0n) is 13.6. The highest BCUT2D eigenvalue weighted by molar-refractivity contribution is 7.90. The fourth-order valence-corrected chi connectivity index (χ4v) is 3.27. The van der Waals surface area contributed by atoms with Gasteiger partial charge in [0.25, 0.3) is 5.91 Å². The van der Waals surface area contributed by atoms with Gasteiger partial charge in [0.05, 0.1) is 4.90 Å². The molecule has 0 saturated heterocycles. The van der Waals surface area contributed by atoms with Crippen LogP contribution in [0.2, 0.25) is 0 Å². The molecule has 0 aromatic heterocycles. The molecule has 0 radical (unpaired) electrons. The third kappa shape index (κ3) is 5.35. The van der Waals surface area contributed by atoms with E-state index in [4.69, 9.17) is 5.11 Å². The van der Waals surface area contributed by atoms with Crippen LogP contribution < -0.4 is 5.32 Å². The Bertz CT molecular complexity index is 682. The molecular weight excluding hydrogens is 318 g/mol. The van der Waals surface area contributed by atoms with E-state index in [1.807, 2.05) is 13.8 Å². The smallest absolute Gasteiger partial charge is 0.326 e. The van der Waals surface area contributed by atoms with Crippen molar-refractivity contribution in [3.05, 3.63) is 29.3 Å². The molecule has 0 aliphatic heterocycles. The lowest BCUT2D eigenvalue weighted by molar-refractivity contribution is -0.139. The van der Waals surface area contributed by atoms with Gasteiger partial charge in [-0.15, -0.1) is 0 Å². The molecule has 0 aliphatic rings. The van der Waals surface area contributed by atoms with E-state index >= 15 is 0 Å². The SMILES string of the molecule is CCCCC(NC(=O)c1ccc(CC)c(S(C)(=O)=O)c1)C(=O)O. The van der Waals surface area contributed by atoms with Crippen molar-refractivity contribution in [2.45, 2.75) is 50.5 Å². The number of carbonyl (C=O) groups is 2. The van der Waals surface area contributed by atoms with Crippen LogP contribution in [-0.2, 0) is 21.1 Å². The summed E-state index contributed by atoms with van der Waals surface area (Å²) in [5.74, 6) is -1.68. The van der Waals surface area contributed by atoms with E-state index in [2.05, 4.69) is 5.32 Å². The van der Waals surface area contributed by atoms with Crippen LogP contribution in [0.15, 0.2) is 23.1 Å². The number of amides is 1. The number of sulfone groups is 1. The molecule has 0 heterocycles. The first-order valence-corrected chi connectivity index (χ1v) is 9.46. The van der Waals surface area contributed by atoms with Crippen LogP contribution in [0.4, 0.5) is 0 Å². The Balaban J connectivity index is 3.06. The van der Waals surface area contributed by atoms with Crippen molar-refractivity contribution >= 4 is 21.7 Å². The van der Waals surface area contributed by atoms with Gasteiger partial charge in [-0.3, -0.25) is 4.79 Å². The van der Waals surface area contributed by atoms with Crippen molar-refractivity contribution in [3.8, 4) is 0 Å². The first-order valence-electron chi connectivity index (χ1n) is 7.57. The van der Waals surface area contributed by atoms with E-state index in [9.17, 15) is 18.0 Å². The van der Waals surface area contributed by atoms with E-state index in [1.54, 1.807) is 6.07 Å². The maximum atomic E-state index is 12.2. The van der Waals surface area contributed by atoms with Crippen molar-refractivity contribution in [2.75, 3.05) is 6.26 Å². The van der Waals surface area contributed by atoms with E-state index in [0.29, 0.717) is 24.8 Å². The van der Waals surface area contributed by atoms with Gasteiger partial charge in [-0.25, -0.2) is 13.2 Å². The van der Waals surface area contributed by atoms with Crippen molar-refractivity contribution in [2.24, 2.45) is 0 Å². The Morgan fingerprint density at radius 1 is 1.26 bits per heavy atom. The first-order chi connectivity index (χ1) is 10.7. The van der Waals surface area contributed by atoms with Gasteiger partial charge >= 0.3 is 5.97 Å². The molecule has 0 spiro atoms. The van der Waals surface area contributed by atoms with Gasteiger partial charge in [-0.05, 0) is 30.5 Å². The van der Waals surface area contributed by atoms with Gasteiger partial charge in [-0.1, -0.05) is 32.8 Å². The minimum Gasteiger partial charge on any atom is -0.480 e. The van der Waals surface area contributed by atoms with Gasteiger partial charge in [0.2, 0.25) is 0 Å². The Morgan fingerprint density at radius 3 is 2.39 bits per heavy atom. The Labute approximate surface area is 136 Å².